The summed E-state index contributed by atoms with van der Waals surface area (Å²) in [6.45, 7) is 4.24. The molecule has 78 valence electrons. The van der Waals surface area contributed by atoms with Crippen LogP contribution in [0.15, 0.2) is 17.1 Å². The van der Waals surface area contributed by atoms with E-state index in [9.17, 15) is 9.90 Å². The van der Waals surface area contributed by atoms with Crippen LogP contribution in [0.5, 0.6) is 5.75 Å². The molecule has 0 aliphatic carbocycles. The van der Waals surface area contributed by atoms with E-state index in [1.54, 1.807) is 13.1 Å². The van der Waals surface area contributed by atoms with Crippen molar-refractivity contribution in [1.82, 2.24) is 4.57 Å². The van der Waals surface area contributed by atoms with Crippen molar-refractivity contribution in [3.8, 4) is 5.75 Å². The van der Waals surface area contributed by atoms with Crippen LogP contribution in [0.25, 0.3) is 0 Å². The van der Waals surface area contributed by atoms with Crippen molar-refractivity contribution in [2.24, 2.45) is 5.73 Å². The van der Waals surface area contributed by atoms with Crippen LogP contribution in [0.4, 0.5) is 0 Å². The molecule has 0 fully saturated rings. The largest absolute Gasteiger partial charge is 0.503 e. The van der Waals surface area contributed by atoms with Gasteiger partial charge in [0.15, 0.2) is 5.75 Å². The molecule has 1 unspecified atom stereocenters. The second-order valence-corrected chi connectivity index (χ2v) is 3.32. The standard InChI is InChI=1S/C10H16N2O2/c1-3-8(6-11)12-5-4-9(13)10(14)7(12)2/h4-5,8,14H,3,6,11H2,1-2H3. The van der Waals surface area contributed by atoms with Crippen molar-refractivity contribution in [1.29, 1.82) is 0 Å². The highest BCUT2D eigenvalue weighted by Gasteiger charge is 2.11. The molecule has 0 radical (unpaired) electrons. The van der Waals surface area contributed by atoms with Gasteiger partial charge in [-0.3, -0.25) is 4.79 Å². The number of pyridine rings is 1. The van der Waals surface area contributed by atoms with Crippen LogP contribution in [0.1, 0.15) is 25.1 Å². The number of aromatic nitrogens is 1. The number of hydrogen-bond donors (Lipinski definition) is 2. The second-order valence-electron chi connectivity index (χ2n) is 3.32. The highest BCUT2D eigenvalue weighted by Crippen LogP contribution is 2.16. The van der Waals surface area contributed by atoms with E-state index in [0.29, 0.717) is 12.2 Å². The molecule has 4 heteroatoms. The van der Waals surface area contributed by atoms with Gasteiger partial charge < -0.3 is 15.4 Å². The minimum Gasteiger partial charge on any atom is -0.503 e. The van der Waals surface area contributed by atoms with Gasteiger partial charge in [-0.15, -0.1) is 0 Å². The molecule has 0 amide bonds. The first kappa shape index (κ1) is 10.8. The third kappa shape index (κ3) is 1.80. The quantitative estimate of drug-likeness (QED) is 0.750. The maximum absolute atomic E-state index is 11.1. The van der Waals surface area contributed by atoms with Gasteiger partial charge in [-0.25, -0.2) is 0 Å². The number of nitrogens with two attached hydrogens (primary N) is 1. The Hall–Kier alpha value is -1.29. The minimum absolute atomic E-state index is 0.140. The average molecular weight is 196 g/mol. The third-order valence-corrected chi connectivity index (χ3v) is 2.49. The summed E-state index contributed by atoms with van der Waals surface area (Å²) in [5.41, 5.74) is 5.83. The SMILES string of the molecule is CCC(CN)n1ccc(=O)c(O)c1C. The van der Waals surface area contributed by atoms with Gasteiger partial charge in [0.1, 0.15) is 0 Å². The fourth-order valence-corrected chi connectivity index (χ4v) is 1.51. The first-order chi connectivity index (χ1) is 6.61. The summed E-state index contributed by atoms with van der Waals surface area (Å²) in [5.74, 6) is -0.181. The summed E-state index contributed by atoms with van der Waals surface area (Å²) < 4.78 is 1.84. The van der Waals surface area contributed by atoms with Gasteiger partial charge in [0, 0.05) is 24.8 Å². The van der Waals surface area contributed by atoms with Crippen LogP contribution >= 0.6 is 0 Å². The Kier molecular flexibility index (Phi) is 3.30. The van der Waals surface area contributed by atoms with E-state index in [-0.39, 0.29) is 17.2 Å². The molecule has 1 aromatic heterocycles. The Labute approximate surface area is 83.0 Å². The molecule has 1 atom stereocenters. The molecule has 0 spiro atoms. The summed E-state index contributed by atoms with van der Waals surface area (Å²) in [6.07, 6.45) is 2.55. The molecule has 0 bridgehead atoms. The summed E-state index contributed by atoms with van der Waals surface area (Å²) in [6, 6.07) is 1.50. The molecule has 3 N–H and O–H groups in total. The lowest BCUT2D eigenvalue weighted by Crippen LogP contribution is -2.21. The fraction of sp³-hybridized carbons (Fsp3) is 0.500. The molecular formula is C10H16N2O2. The van der Waals surface area contributed by atoms with Crippen LogP contribution in [0.2, 0.25) is 0 Å². The predicted octanol–water partition coefficient (Wildman–Crippen LogP) is 0.772. The van der Waals surface area contributed by atoms with E-state index in [0.717, 1.165) is 6.42 Å². The maximum atomic E-state index is 11.1. The van der Waals surface area contributed by atoms with E-state index in [2.05, 4.69) is 0 Å². The Morgan fingerprint density at radius 3 is 2.79 bits per heavy atom. The summed E-state index contributed by atoms with van der Waals surface area (Å²) >= 11 is 0. The topological polar surface area (TPSA) is 68.2 Å². The molecule has 1 rings (SSSR count). The summed E-state index contributed by atoms with van der Waals surface area (Å²) in [4.78, 5) is 11.1. The van der Waals surface area contributed by atoms with Crippen LogP contribution < -0.4 is 11.2 Å². The van der Waals surface area contributed by atoms with Crippen molar-refractivity contribution >= 4 is 0 Å². The Morgan fingerprint density at radius 2 is 2.29 bits per heavy atom. The Balaban J connectivity index is 3.22. The molecule has 0 saturated carbocycles. The maximum Gasteiger partial charge on any atom is 0.223 e. The average Bonchev–Trinajstić information content (AvgIpc) is 2.19. The van der Waals surface area contributed by atoms with E-state index in [4.69, 9.17) is 5.73 Å². The number of hydrogen-bond acceptors (Lipinski definition) is 3. The zero-order valence-corrected chi connectivity index (χ0v) is 8.53. The normalized spacial score (nSPS) is 12.8. The lowest BCUT2D eigenvalue weighted by molar-refractivity contribution is 0.429. The first-order valence-electron chi connectivity index (χ1n) is 4.72. The molecule has 1 aromatic rings. The molecule has 0 aliphatic heterocycles. The molecule has 0 aromatic carbocycles. The van der Waals surface area contributed by atoms with Crippen LogP contribution in [-0.2, 0) is 0 Å². The lowest BCUT2D eigenvalue weighted by Gasteiger charge is -2.20. The molecule has 0 aliphatic rings. The number of aromatic hydroxyl groups is 1. The monoisotopic (exact) mass is 196 g/mol. The van der Waals surface area contributed by atoms with E-state index in [1.165, 1.54) is 6.07 Å². The van der Waals surface area contributed by atoms with Gasteiger partial charge in [0.25, 0.3) is 0 Å². The van der Waals surface area contributed by atoms with Crippen molar-refractivity contribution in [3.05, 3.63) is 28.2 Å². The lowest BCUT2D eigenvalue weighted by atomic mass is 10.2. The second kappa shape index (κ2) is 4.28. The zero-order chi connectivity index (χ0) is 10.7. The van der Waals surface area contributed by atoms with Crippen LogP contribution in [-0.4, -0.2) is 16.2 Å². The highest BCUT2D eigenvalue weighted by atomic mass is 16.3. The number of rotatable bonds is 3. The number of nitrogens with zero attached hydrogens (tertiary/aromatic N) is 1. The third-order valence-electron chi connectivity index (χ3n) is 2.49. The Bertz CT molecular complexity index is 367. The Morgan fingerprint density at radius 1 is 1.64 bits per heavy atom. The molecular weight excluding hydrogens is 180 g/mol. The smallest absolute Gasteiger partial charge is 0.223 e. The van der Waals surface area contributed by atoms with Gasteiger partial charge in [0.2, 0.25) is 5.43 Å². The zero-order valence-electron chi connectivity index (χ0n) is 8.53. The van der Waals surface area contributed by atoms with Crippen molar-refractivity contribution in [3.63, 3.8) is 0 Å². The van der Waals surface area contributed by atoms with Crippen molar-refractivity contribution in [2.45, 2.75) is 26.3 Å². The fourth-order valence-electron chi connectivity index (χ4n) is 1.51. The van der Waals surface area contributed by atoms with Crippen molar-refractivity contribution < 1.29 is 5.11 Å². The first-order valence-corrected chi connectivity index (χ1v) is 4.72. The van der Waals surface area contributed by atoms with Crippen LogP contribution in [0, 0.1) is 6.92 Å². The van der Waals surface area contributed by atoms with Gasteiger partial charge in [-0.2, -0.15) is 0 Å². The summed E-state index contributed by atoms with van der Waals surface area (Å²) in [7, 11) is 0. The van der Waals surface area contributed by atoms with E-state index >= 15 is 0 Å². The minimum atomic E-state index is -0.342. The predicted molar refractivity (Wildman–Crippen MR) is 55.5 cm³/mol. The van der Waals surface area contributed by atoms with Gasteiger partial charge >= 0.3 is 0 Å². The molecule has 4 nitrogen and oxygen atoms in total. The molecule has 14 heavy (non-hydrogen) atoms. The van der Waals surface area contributed by atoms with Crippen molar-refractivity contribution in [2.75, 3.05) is 6.54 Å². The summed E-state index contributed by atoms with van der Waals surface area (Å²) in [5, 5.41) is 9.45. The van der Waals surface area contributed by atoms with Gasteiger partial charge in [-0.1, -0.05) is 6.92 Å². The molecule has 0 saturated heterocycles. The molecule has 1 heterocycles. The highest BCUT2D eigenvalue weighted by molar-refractivity contribution is 5.25. The van der Waals surface area contributed by atoms with Gasteiger partial charge in [-0.05, 0) is 13.3 Å². The van der Waals surface area contributed by atoms with Gasteiger partial charge in [0.05, 0.1) is 5.69 Å². The van der Waals surface area contributed by atoms with E-state index in [1.807, 2.05) is 11.5 Å². The van der Waals surface area contributed by atoms with E-state index < -0.39 is 0 Å². The van der Waals surface area contributed by atoms with Crippen LogP contribution in [0.3, 0.4) is 0 Å².